The molecular weight excluding hydrogens is 272 g/mol. The lowest BCUT2D eigenvalue weighted by atomic mass is 10.3. The Labute approximate surface area is 112 Å². The van der Waals surface area contributed by atoms with Gasteiger partial charge < -0.3 is 4.74 Å². The molecule has 9 heteroatoms. The zero-order chi connectivity index (χ0) is 14.5. The molecule has 0 bridgehead atoms. The van der Waals surface area contributed by atoms with Gasteiger partial charge in [0.15, 0.2) is 17.3 Å². The van der Waals surface area contributed by atoms with Crippen molar-refractivity contribution in [1.29, 1.82) is 0 Å². The summed E-state index contributed by atoms with van der Waals surface area (Å²) in [5, 5.41) is 7.23. The zero-order valence-corrected chi connectivity index (χ0v) is 10.2. The van der Waals surface area contributed by atoms with Crippen LogP contribution in [0, 0.1) is 11.6 Å². The summed E-state index contributed by atoms with van der Waals surface area (Å²) in [6, 6.07) is 2.92. The molecule has 1 aromatic heterocycles. The Morgan fingerprint density at radius 1 is 1.45 bits per heavy atom. The lowest BCUT2D eigenvalue weighted by Crippen LogP contribution is -2.30. The van der Waals surface area contributed by atoms with Gasteiger partial charge in [0.25, 0.3) is 5.91 Å². The number of nitrogens with zero attached hydrogens (tertiary/aromatic N) is 3. The van der Waals surface area contributed by atoms with Gasteiger partial charge in [-0.15, -0.1) is 5.10 Å². The van der Waals surface area contributed by atoms with Crippen LogP contribution in [-0.4, -0.2) is 27.5 Å². The molecule has 0 aliphatic heterocycles. The maximum absolute atomic E-state index is 13.3. The number of hydrogen-bond acceptors (Lipinski definition) is 5. The third-order valence-corrected chi connectivity index (χ3v) is 2.37. The Hall–Kier alpha value is -2.55. The second kappa shape index (κ2) is 6.06. The van der Waals surface area contributed by atoms with Gasteiger partial charge in [-0.2, -0.15) is 0 Å². The average Bonchev–Trinajstić information content (AvgIpc) is 2.90. The number of ether oxygens (including phenoxy) is 1. The van der Waals surface area contributed by atoms with Crippen molar-refractivity contribution in [1.82, 2.24) is 20.4 Å². The summed E-state index contributed by atoms with van der Waals surface area (Å²) in [6.07, 6.45) is 1.35. The number of hydrazine groups is 1. The number of carbonyl (C=O) groups excluding carboxylic acids is 1. The summed E-state index contributed by atoms with van der Waals surface area (Å²) >= 11 is 0. The number of amides is 1. The fourth-order valence-electron chi connectivity index (χ4n) is 1.42. The number of nitrogen functional groups attached to an aromatic ring is 1. The number of halogens is 2. The maximum atomic E-state index is 13.3. The summed E-state index contributed by atoms with van der Waals surface area (Å²) in [5.74, 6) is 2.92. The minimum absolute atomic E-state index is 0.0351. The molecule has 20 heavy (non-hydrogen) atoms. The van der Waals surface area contributed by atoms with Crippen LogP contribution in [-0.2, 0) is 6.54 Å². The van der Waals surface area contributed by atoms with Crippen LogP contribution in [0.15, 0.2) is 24.4 Å². The number of hydrogen-bond donors (Lipinski definition) is 2. The van der Waals surface area contributed by atoms with Crippen molar-refractivity contribution in [3.05, 3.63) is 41.7 Å². The van der Waals surface area contributed by atoms with E-state index in [2.05, 4.69) is 10.3 Å². The van der Waals surface area contributed by atoms with Crippen molar-refractivity contribution in [3.63, 3.8) is 0 Å². The molecule has 0 unspecified atom stereocenters. The number of aromatic nitrogens is 3. The van der Waals surface area contributed by atoms with E-state index in [1.165, 1.54) is 10.9 Å². The molecule has 1 amide bonds. The van der Waals surface area contributed by atoms with Crippen LogP contribution in [0.5, 0.6) is 5.75 Å². The standard InChI is InChI=1S/C11H11F2N5O2/c12-7-1-2-8(13)10(5-7)20-4-3-18-6-9(16-17-18)11(19)15-14/h1-2,5-6H,3-4,14H2,(H,15,19). The van der Waals surface area contributed by atoms with Crippen LogP contribution in [0.1, 0.15) is 10.5 Å². The lowest BCUT2D eigenvalue weighted by molar-refractivity contribution is 0.0948. The van der Waals surface area contributed by atoms with Gasteiger partial charge >= 0.3 is 0 Å². The molecule has 3 N–H and O–H groups in total. The SMILES string of the molecule is NNC(=O)c1cn(CCOc2cc(F)ccc2F)nn1. The summed E-state index contributed by atoms with van der Waals surface area (Å²) < 4.78 is 32.6. The molecule has 1 heterocycles. The first-order chi connectivity index (χ1) is 9.60. The fraction of sp³-hybridized carbons (Fsp3) is 0.182. The summed E-state index contributed by atoms with van der Waals surface area (Å²) in [6.45, 7) is 0.244. The molecule has 1 aromatic carbocycles. The highest BCUT2D eigenvalue weighted by molar-refractivity contribution is 5.91. The molecule has 0 aliphatic rings. The quantitative estimate of drug-likeness (QED) is 0.465. The van der Waals surface area contributed by atoms with E-state index < -0.39 is 17.5 Å². The van der Waals surface area contributed by atoms with Gasteiger partial charge in [-0.1, -0.05) is 5.21 Å². The Morgan fingerprint density at radius 3 is 3.00 bits per heavy atom. The van der Waals surface area contributed by atoms with Gasteiger partial charge in [-0.05, 0) is 12.1 Å². The van der Waals surface area contributed by atoms with Crippen molar-refractivity contribution < 1.29 is 18.3 Å². The predicted octanol–water partition coefficient (Wildman–Crippen LogP) is 0.239. The monoisotopic (exact) mass is 283 g/mol. The van der Waals surface area contributed by atoms with Crippen molar-refractivity contribution in [2.45, 2.75) is 6.54 Å². The van der Waals surface area contributed by atoms with Gasteiger partial charge in [0.2, 0.25) is 0 Å². The fourth-order valence-corrected chi connectivity index (χ4v) is 1.42. The van der Waals surface area contributed by atoms with Gasteiger partial charge in [-0.25, -0.2) is 19.3 Å². The first-order valence-electron chi connectivity index (χ1n) is 5.59. The minimum atomic E-state index is -0.659. The molecule has 0 spiro atoms. The second-order valence-electron chi connectivity index (χ2n) is 3.76. The number of benzene rings is 1. The van der Waals surface area contributed by atoms with Crippen LogP contribution < -0.4 is 16.0 Å². The molecule has 0 saturated heterocycles. The maximum Gasteiger partial charge on any atom is 0.287 e. The predicted molar refractivity (Wildman–Crippen MR) is 63.5 cm³/mol. The Morgan fingerprint density at radius 2 is 2.25 bits per heavy atom. The average molecular weight is 283 g/mol. The van der Waals surface area contributed by atoms with Gasteiger partial charge in [0.1, 0.15) is 12.4 Å². The van der Waals surface area contributed by atoms with Crippen LogP contribution in [0.2, 0.25) is 0 Å². The zero-order valence-electron chi connectivity index (χ0n) is 10.2. The highest BCUT2D eigenvalue weighted by atomic mass is 19.1. The highest BCUT2D eigenvalue weighted by Gasteiger charge is 2.09. The molecule has 106 valence electrons. The molecule has 7 nitrogen and oxygen atoms in total. The molecule has 0 saturated carbocycles. The number of nitrogens with two attached hydrogens (primary N) is 1. The van der Waals surface area contributed by atoms with Crippen LogP contribution in [0.25, 0.3) is 0 Å². The van der Waals surface area contributed by atoms with E-state index in [9.17, 15) is 13.6 Å². The normalized spacial score (nSPS) is 10.3. The largest absolute Gasteiger partial charge is 0.488 e. The van der Waals surface area contributed by atoms with E-state index in [0.29, 0.717) is 0 Å². The molecule has 0 atom stereocenters. The smallest absolute Gasteiger partial charge is 0.287 e. The van der Waals surface area contributed by atoms with E-state index in [1.54, 1.807) is 0 Å². The molecule has 2 rings (SSSR count). The molecular formula is C11H11F2N5O2. The third kappa shape index (κ3) is 3.26. The molecule has 2 aromatic rings. The third-order valence-electron chi connectivity index (χ3n) is 2.37. The van der Waals surface area contributed by atoms with Crippen LogP contribution >= 0.6 is 0 Å². The Bertz CT molecular complexity index is 617. The van der Waals surface area contributed by atoms with E-state index in [1.807, 2.05) is 5.43 Å². The second-order valence-corrected chi connectivity index (χ2v) is 3.76. The van der Waals surface area contributed by atoms with E-state index in [4.69, 9.17) is 10.6 Å². The molecule has 0 radical (unpaired) electrons. The van der Waals surface area contributed by atoms with Crippen molar-refractivity contribution in [3.8, 4) is 5.75 Å². The van der Waals surface area contributed by atoms with Crippen LogP contribution in [0.3, 0.4) is 0 Å². The van der Waals surface area contributed by atoms with Gasteiger partial charge in [0, 0.05) is 6.07 Å². The summed E-state index contributed by atoms with van der Waals surface area (Å²) in [7, 11) is 0. The highest BCUT2D eigenvalue weighted by Crippen LogP contribution is 2.17. The van der Waals surface area contributed by atoms with E-state index in [0.717, 1.165) is 18.2 Å². The van der Waals surface area contributed by atoms with Crippen molar-refractivity contribution >= 4 is 5.91 Å². The first-order valence-corrected chi connectivity index (χ1v) is 5.59. The lowest BCUT2D eigenvalue weighted by Gasteiger charge is -2.06. The topological polar surface area (TPSA) is 95.1 Å². The number of nitrogens with one attached hydrogen (secondary N) is 1. The summed E-state index contributed by atoms with van der Waals surface area (Å²) in [4.78, 5) is 11.1. The molecule has 0 aliphatic carbocycles. The van der Waals surface area contributed by atoms with Crippen LogP contribution in [0.4, 0.5) is 8.78 Å². The Kier molecular flexibility index (Phi) is 4.20. The Balaban J connectivity index is 1.91. The van der Waals surface area contributed by atoms with Gasteiger partial charge in [-0.3, -0.25) is 10.2 Å². The summed E-state index contributed by atoms with van der Waals surface area (Å²) in [5.41, 5.74) is 1.96. The van der Waals surface area contributed by atoms with Crippen molar-refractivity contribution in [2.24, 2.45) is 5.84 Å². The number of carbonyl (C=O) groups is 1. The minimum Gasteiger partial charge on any atom is -0.488 e. The first kappa shape index (κ1) is 13.9. The molecule has 0 fully saturated rings. The van der Waals surface area contributed by atoms with Crippen molar-refractivity contribution in [2.75, 3.05) is 6.61 Å². The van der Waals surface area contributed by atoms with Gasteiger partial charge in [0.05, 0.1) is 12.7 Å². The number of rotatable bonds is 5. The van der Waals surface area contributed by atoms with E-state index in [-0.39, 0.29) is 24.6 Å². The van der Waals surface area contributed by atoms with E-state index >= 15 is 0 Å².